The molecule has 2 rings (SSSR count). The van der Waals surface area contributed by atoms with E-state index in [-0.39, 0.29) is 0 Å². The van der Waals surface area contributed by atoms with E-state index in [2.05, 4.69) is 6.58 Å². The van der Waals surface area contributed by atoms with Crippen LogP contribution in [0, 0.1) is 5.92 Å². The average Bonchev–Trinajstić information content (AvgIpc) is 2.80. The van der Waals surface area contributed by atoms with Gasteiger partial charge in [-0.3, -0.25) is 19.2 Å². The number of aliphatic carboxylic acids is 1. The molecule has 1 saturated heterocycles. The maximum absolute atomic E-state index is 12.0. The highest BCUT2D eigenvalue weighted by Gasteiger charge is 2.56. The molecule has 15 heteroatoms. The summed E-state index contributed by atoms with van der Waals surface area (Å²) in [7, 11) is 0. The Morgan fingerprint density at radius 2 is 1.51 bits per heavy atom. The van der Waals surface area contributed by atoms with Gasteiger partial charge < -0.3 is 48.5 Å². The molecular weight excluding hydrogens is 528 g/mol. The van der Waals surface area contributed by atoms with Crippen LogP contribution >= 0.6 is 0 Å². The van der Waals surface area contributed by atoms with Crippen LogP contribution in [-0.4, -0.2) is 101 Å². The highest BCUT2D eigenvalue weighted by molar-refractivity contribution is 5.89. The van der Waals surface area contributed by atoms with Crippen molar-refractivity contribution in [2.75, 3.05) is 13.2 Å². The minimum absolute atomic E-state index is 0.441. The van der Waals surface area contributed by atoms with Crippen LogP contribution in [0.3, 0.4) is 0 Å². The predicted octanol–water partition coefficient (Wildman–Crippen LogP) is -0.673. The Morgan fingerprint density at radius 1 is 0.949 bits per heavy atom. The lowest BCUT2D eigenvalue weighted by molar-refractivity contribution is -0.346. The summed E-state index contributed by atoms with van der Waals surface area (Å²) in [5.41, 5.74) is -2.79. The van der Waals surface area contributed by atoms with E-state index in [1.165, 1.54) is 0 Å². The van der Waals surface area contributed by atoms with Crippen molar-refractivity contribution in [1.29, 1.82) is 0 Å². The van der Waals surface area contributed by atoms with Crippen molar-refractivity contribution in [2.24, 2.45) is 5.92 Å². The summed E-state index contributed by atoms with van der Waals surface area (Å²) >= 11 is 0. The molecule has 0 aromatic heterocycles. The summed E-state index contributed by atoms with van der Waals surface area (Å²) in [6, 6.07) is 0. The molecule has 0 bridgehead atoms. The van der Waals surface area contributed by atoms with Gasteiger partial charge in [0.15, 0.2) is 18.3 Å². The Morgan fingerprint density at radius 3 is 2.00 bits per heavy atom. The first-order valence-electron chi connectivity index (χ1n) is 11.8. The molecule has 0 spiro atoms. The van der Waals surface area contributed by atoms with Gasteiger partial charge >= 0.3 is 29.8 Å². The first kappa shape index (κ1) is 31.7. The van der Waals surface area contributed by atoms with Gasteiger partial charge in [-0.05, 0) is 0 Å². The lowest BCUT2D eigenvalue weighted by atomic mass is 9.77. The lowest BCUT2D eigenvalue weighted by Gasteiger charge is -2.47. The fraction of sp³-hybridized carbons (Fsp3) is 0.625. The van der Waals surface area contributed by atoms with Crippen molar-refractivity contribution in [3.63, 3.8) is 0 Å². The number of ether oxygens (including phenoxy) is 7. The number of carbonyl (C=O) groups is 5. The molecule has 1 fully saturated rings. The van der Waals surface area contributed by atoms with Crippen molar-refractivity contribution in [3.05, 3.63) is 24.5 Å². The van der Waals surface area contributed by atoms with Crippen LogP contribution < -0.4 is 0 Å². The van der Waals surface area contributed by atoms with Crippen LogP contribution in [0.5, 0.6) is 0 Å². The van der Waals surface area contributed by atoms with E-state index < -0.39 is 104 Å². The van der Waals surface area contributed by atoms with Gasteiger partial charge in [0.05, 0.1) is 12.2 Å². The summed E-state index contributed by atoms with van der Waals surface area (Å²) in [5, 5.41) is 30.3. The Labute approximate surface area is 223 Å². The first-order valence-corrected chi connectivity index (χ1v) is 11.8. The van der Waals surface area contributed by atoms with E-state index in [9.17, 15) is 39.3 Å². The van der Waals surface area contributed by atoms with Crippen LogP contribution in [0.15, 0.2) is 24.5 Å². The largest absolute Gasteiger partial charge is 0.478 e. The molecular formula is C24H32O15. The summed E-state index contributed by atoms with van der Waals surface area (Å²) in [6.45, 7) is 6.74. The molecule has 8 atom stereocenters. The van der Waals surface area contributed by atoms with Crippen molar-refractivity contribution in [2.45, 2.75) is 76.7 Å². The minimum atomic E-state index is -2.20. The summed E-state index contributed by atoms with van der Waals surface area (Å²) < 4.78 is 38.1. The van der Waals surface area contributed by atoms with E-state index in [4.69, 9.17) is 33.2 Å². The van der Waals surface area contributed by atoms with E-state index in [0.717, 1.165) is 40.0 Å². The van der Waals surface area contributed by atoms with Crippen molar-refractivity contribution in [1.82, 2.24) is 0 Å². The second-order valence-electron chi connectivity index (χ2n) is 8.70. The quantitative estimate of drug-likeness (QED) is 0.162. The molecule has 39 heavy (non-hydrogen) atoms. The highest BCUT2D eigenvalue weighted by atomic mass is 16.8. The number of rotatable bonds is 11. The van der Waals surface area contributed by atoms with Crippen molar-refractivity contribution < 1.29 is 72.5 Å². The Hall–Kier alpha value is -3.53. The minimum Gasteiger partial charge on any atom is -0.478 e. The lowest BCUT2D eigenvalue weighted by Crippen LogP contribution is -2.64. The van der Waals surface area contributed by atoms with Crippen molar-refractivity contribution >= 4 is 29.8 Å². The fourth-order valence-corrected chi connectivity index (χ4v) is 4.29. The van der Waals surface area contributed by atoms with Gasteiger partial charge in [-0.2, -0.15) is 0 Å². The first-order chi connectivity index (χ1) is 18.2. The van der Waals surface area contributed by atoms with Crippen LogP contribution in [0.25, 0.3) is 0 Å². The molecule has 0 radical (unpaired) electrons. The smallest absolute Gasteiger partial charge is 0.337 e. The standard InChI is InChI=1S/C24H32O15/c1-6-15-22(34-9-16(21(30)31)24(15,32)7-8-25)39-23-20(37-14(5)29)19(36-13(4)28)18(35-12(3)27)17(38-23)10-33-11(2)26/h6,9,15,17-20,22-23,25,32H,1,7-8,10H2,2-5H3,(H,30,31)/t15?,17?,18?,19?,20?,22?,23?,24-/m1/s1. The number of hydrogen-bond donors (Lipinski definition) is 3. The molecule has 7 unspecified atom stereocenters. The molecule has 218 valence electrons. The number of carboxylic acids is 1. The molecule has 0 aromatic carbocycles. The summed E-state index contributed by atoms with van der Waals surface area (Å²) in [5.74, 6) is -6.10. The molecule has 2 aliphatic heterocycles. The second-order valence-corrected chi connectivity index (χ2v) is 8.70. The fourth-order valence-electron chi connectivity index (χ4n) is 4.29. The number of carboxylic acid groups (broad SMARTS) is 1. The molecule has 15 nitrogen and oxygen atoms in total. The topological polar surface area (TPSA) is 211 Å². The Bertz CT molecular complexity index is 990. The number of aliphatic hydroxyl groups is 2. The normalized spacial score (nSPS) is 32.1. The monoisotopic (exact) mass is 560 g/mol. The van der Waals surface area contributed by atoms with Gasteiger partial charge in [-0.25, -0.2) is 4.79 Å². The molecule has 2 aliphatic rings. The van der Waals surface area contributed by atoms with Gasteiger partial charge in [-0.15, -0.1) is 6.58 Å². The SMILES string of the molecule is C=CC1C(OC2OC(COC(C)=O)C(OC(C)=O)C(OC(C)=O)C2OC(C)=O)OC=C(C(=O)O)[C@@]1(O)CCO. The van der Waals surface area contributed by atoms with Gasteiger partial charge in [0.25, 0.3) is 0 Å². The third-order valence-electron chi connectivity index (χ3n) is 5.82. The molecule has 0 aromatic rings. The predicted molar refractivity (Wildman–Crippen MR) is 124 cm³/mol. The summed E-state index contributed by atoms with van der Waals surface area (Å²) in [4.78, 5) is 59.0. The maximum atomic E-state index is 12.0. The van der Waals surface area contributed by atoms with Crippen LogP contribution in [-0.2, 0) is 57.1 Å². The highest BCUT2D eigenvalue weighted by Crippen LogP contribution is 2.40. The number of carbonyl (C=O) groups excluding carboxylic acids is 4. The van der Waals surface area contributed by atoms with Crippen LogP contribution in [0.1, 0.15) is 34.1 Å². The summed E-state index contributed by atoms with van der Waals surface area (Å²) in [6.07, 6.45) is -7.64. The zero-order valence-electron chi connectivity index (χ0n) is 21.8. The number of hydrogen-bond acceptors (Lipinski definition) is 14. The zero-order valence-corrected chi connectivity index (χ0v) is 21.8. The maximum Gasteiger partial charge on any atom is 0.337 e. The molecule has 3 N–H and O–H groups in total. The average molecular weight is 561 g/mol. The van der Waals surface area contributed by atoms with Gasteiger partial charge in [0.1, 0.15) is 23.9 Å². The van der Waals surface area contributed by atoms with E-state index in [1.54, 1.807) is 0 Å². The second kappa shape index (κ2) is 13.5. The van der Waals surface area contributed by atoms with E-state index in [0.29, 0.717) is 0 Å². The molecule has 2 heterocycles. The van der Waals surface area contributed by atoms with Crippen molar-refractivity contribution in [3.8, 4) is 0 Å². The van der Waals surface area contributed by atoms with Gasteiger partial charge in [0.2, 0.25) is 12.6 Å². The Kier molecular flexibility index (Phi) is 11.0. The number of esters is 4. The number of aliphatic hydroxyl groups excluding tert-OH is 1. The van der Waals surface area contributed by atoms with E-state index in [1.807, 2.05) is 0 Å². The van der Waals surface area contributed by atoms with Crippen LogP contribution in [0.2, 0.25) is 0 Å². The molecule has 0 amide bonds. The third-order valence-corrected chi connectivity index (χ3v) is 5.82. The molecule has 0 saturated carbocycles. The van der Waals surface area contributed by atoms with Gasteiger partial charge in [-0.1, -0.05) is 6.08 Å². The molecule has 0 aliphatic carbocycles. The zero-order chi connectivity index (χ0) is 29.5. The van der Waals surface area contributed by atoms with Gasteiger partial charge in [0, 0.05) is 40.7 Å². The van der Waals surface area contributed by atoms with E-state index >= 15 is 0 Å². The van der Waals surface area contributed by atoms with Crippen LogP contribution in [0.4, 0.5) is 0 Å². The Balaban J connectivity index is 2.55. The third kappa shape index (κ3) is 7.75.